The quantitative estimate of drug-likeness (QED) is 0.799. The van der Waals surface area contributed by atoms with Crippen LogP contribution in [0.1, 0.15) is 42.2 Å². The first-order valence-electron chi connectivity index (χ1n) is 8.86. The van der Waals surface area contributed by atoms with Crippen molar-refractivity contribution in [2.24, 2.45) is 0 Å². The van der Waals surface area contributed by atoms with Crippen molar-refractivity contribution in [1.29, 1.82) is 0 Å². The standard InChI is InChI=1S/C20H24N2O5S/c1-20(2)12-17(16-11-14(26-4)8-9-18(16)27-20)22-19(23)13-6-5-7-15(10-13)28(24,25)21-3/h5-11,17,21H,12H2,1-4H3,(H,22,23)/t17-/m1/s1. The van der Waals surface area contributed by atoms with E-state index >= 15 is 0 Å². The van der Waals surface area contributed by atoms with Gasteiger partial charge in [-0.3, -0.25) is 4.79 Å². The zero-order chi connectivity index (χ0) is 20.5. The van der Waals surface area contributed by atoms with E-state index in [0.29, 0.717) is 17.9 Å². The molecule has 8 heteroatoms. The van der Waals surface area contributed by atoms with E-state index in [2.05, 4.69) is 10.0 Å². The number of amides is 1. The Labute approximate surface area is 165 Å². The fraction of sp³-hybridized carbons (Fsp3) is 0.350. The van der Waals surface area contributed by atoms with Gasteiger partial charge in [0.05, 0.1) is 18.0 Å². The van der Waals surface area contributed by atoms with Crippen LogP contribution >= 0.6 is 0 Å². The maximum atomic E-state index is 12.9. The van der Waals surface area contributed by atoms with Gasteiger partial charge in [0.1, 0.15) is 17.1 Å². The fourth-order valence-electron chi connectivity index (χ4n) is 3.25. The molecule has 7 nitrogen and oxygen atoms in total. The Morgan fingerprint density at radius 1 is 1.21 bits per heavy atom. The largest absolute Gasteiger partial charge is 0.497 e. The minimum absolute atomic E-state index is 0.0389. The normalized spacial score (nSPS) is 17.9. The number of nitrogens with one attached hydrogen (secondary N) is 2. The van der Waals surface area contributed by atoms with Gasteiger partial charge in [0.15, 0.2) is 0 Å². The summed E-state index contributed by atoms with van der Waals surface area (Å²) in [4.78, 5) is 12.9. The van der Waals surface area contributed by atoms with E-state index in [1.54, 1.807) is 19.2 Å². The van der Waals surface area contributed by atoms with Crippen LogP contribution in [-0.4, -0.2) is 34.1 Å². The van der Waals surface area contributed by atoms with Gasteiger partial charge in [0, 0.05) is 17.5 Å². The Morgan fingerprint density at radius 3 is 2.64 bits per heavy atom. The number of carbonyl (C=O) groups is 1. The van der Waals surface area contributed by atoms with Gasteiger partial charge in [0.2, 0.25) is 10.0 Å². The average molecular weight is 404 g/mol. The maximum absolute atomic E-state index is 12.9. The van der Waals surface area contributed by atoms with Crippen LogP contribution in [0.15, 0.2) is 47.4 Å². The van der Waals surface area contributed by atoms with Crippen molar-refractivity contribution in [1.82, 2.24) is 10.0 Å². The lowest BCUT2D eigenvalue weighted by atomic mass is 9.89. The summed E-state index contributed by atoms with van der Waals surface area (Å²) in [6.45, 7) is 3.92. The van der Waals surface area contributed by atoms with Crippen molar-refractivity contribution in [2.75, 3.05) is 14.2 Å². The second-order valence-corrected chi connectivity index (χ2v) is 9.12. The topological polar surface area (TPSA) is 93.7 Å². The highest BCUT2D eigenvalue weighted by atomic mass is 32.2. The summed E-state index contributed by atoms with van der Waals surface area (Å²) in [5.41, 5.74) is 0.632. The lowest BCUT2D eigenvalue weighted by molar-refractivity contribution is 0.0618. The van der Waals surface area contributed by atoms with Gasteiger partial charge in [0.25, 0.3) is 5.91 Å². The van der Waals surface area contributed by atoms with Gasteiger partial charge in [-0.05, 0) is 57.3 Å². The Kier molecular flexibility index (Phi) is 5.36. The van der Waals surface area contributed by atoms with Crippen LogP contribution in [0.5, 0.6) is 11.5 Å². The molecule has 28 heavy (non-hydrogen) atoms. The molecule has 0 aromatic heterocycles. The van der Waals surface area contributed by atoms with Gasteiger partial charge in [-0.25, -0.2) is 13.1 Å². The molecule has 1 atom stereocenters. The second-order valence-electron chi connectivity index (χ2n) is 7.23. The number of rotatable bonds is 5. The molecule has 0 saturated carbocycles. The van der Waals surface area contributed by atoms with E-state index in [9.17, 15) is 13.2 Å². The van der Waals surface area contributed by atoms with Crippen LogP contribution in [0.25, 0.3) is 0 Å². The molecule has 1 aliphatic heterocycles. The van der Waals surface area contributed by atoms with Crippen LogP contribution < -0.4 is 19.5 Å². The summed E-state index contributed by atoms with van der Waals surface area (Å²) in [7, 11) is -0.720. The van der Waals surface area contributed by atoms with Gasteiger partial charge >= 0.3 is 0 Å². The first-order valence-corrected chi connectivity index (χ1v) is 10.3. The maximum Gasteiger partial charge on any atom is 0.251 e. The Morgan fingerprint density at radius 2 is 1.96 bits per heavy atom. The second kappa shape index (κ2) is 7.44. The predicted molar refractivity (Wildman–Crippen MR) is 105 cm³/mol. The molecule has 2 aromatic rings. The number of sulfonamides is 1. The molecular weight excluding hydrogens is 380 g/mol. The minimum atomic E-state index is -3.63. The van der Waals surface area contributed by atoms with E-state index in [1.807, 2.05) is 32.0 Å². The van der Waals surface area contributed by atoms with Crippen LogP contribution in [-0.2, 0) is 10.0 Å². The third kappa shape index (κ3) is 4.13. The molecule has 0 aliphatic carbocycles. The number of carbonyl (C=O) groups excluding carboxylic acids is 1. The molecule has 1 heterocycles. The van der Waals surface area contributed by atoms with Crippen LogP contribution in [0.3, 0.4) is 0 Å². The lowest BCUT2D eigenvalue weighted by Gasteiger charge is -2.38. The Balaban J connectivity index is 1.91. The SMILES string of the molecule is CNS(=O)(=O)c1cccc(C(=O)N[C@@H]2CC(C)(C)Oc3ccc(OC)cc32)c1. The predicted octanol–water partition coefficient (Wildman–Crippen LogP) is 2.64. The van der Waals surface area contributed by atoms with Crippen molar-refractivity contribution >= 4 is 15.9 Å². The van der Waals surface area contributed by atoms with E-state index in [4.69, 9.17) is 9.47 Å². The molecule has 0 spiro atoms. The molecule has 0 unspecified atom stereocenters. The Bertz CT molecular complexity index is 1000. The Hall–Kier alpha value is -2.58. The van der Waals surface area contributed by atoms with Gasteiger partial charge < -0.3 is 14.8 Å². The molecule has 3 rings (SSSR count). The summed E-state index contributed by atoms with van der Waals surface area (Å²) < 4.78 is 37.6. The monoisotopic (exact) mass is 404 g/mol. The van der Waals surface area contributed by atoms with Crippen molar-refractivity contribution < 1.29 is 22.7 Å². The first kappa shape index (κ1) is 20.2. The van der Waals surface area contributed by atoms with E-state index in [0.717, 1.165) is 5.56 Å². The van der Waals surface area contributed by atoms with Crippen molar-refractivity contribution in [3.8, 4) is 11.5 Å². The highest BCUT2D eigenvalue weighted by Gasteiger charge is 2.35. The third-order valence-electron chi connectivity index (χ3n) is 4.65. The zero-order valence-electron chi connectivity index (χ0n) is 16.3. The number of hydrogen-bond donors (Lipinski definition) is 2. The molecule has 0 saturated heterocycles. The molecule has 2 N–H and O–H groups in total. The molecule has 2 aromatic carbocycles. The van der Waals surface area contributed by atoms with Crippen LogP contribution in [0.4, 0.5) is 0 Å². The number of ether oxygens (including phenoxy) is 2. The third-order valence-corrected chi connectivity index (χ3v) is 6.07. The molecule has 0 bridgehead atoms. The van der Waals surface area contributed by atoms with Crippen LogP contribution in [0, 0.1) is 0 Å². The molecule has 1 aliphatic rings. The first-order chi connectivity index (χ1) is 13.1. The number of hydrogen-bond acceptors (Lipinski definition) is 5. The molecule has 0 fully saturated rings. The molecule has 0 radical (unpaired) electrons. The smallest absolute Gasteiger partial charge is 0.251 e. The number of methoxy groups -OCH3 is 1. The van der Waals surface area contributed by atoms with Crippen LogP contribution in [0.2, 0.25) is 0 Å². The summed E-state index contributed by atoms with van der Waals surface area (Å²) in [5.74, 6) is 1.00. The minimum Gasteiger partial charge on any atom is -0.497 e. The van der Waals surface area contributed by atoms with E-state index in [-0.39, 0.29) is 22.4 Å². The zero-order valence-corrected chi connectivity index (χ0v) is 17.1. The summed E-state index contributed by atoms with van der Waals surface area (Å²) in [6, 6.07) is 11.1. The number of benzene rings is 2. The summed E-state index contributed by atoms with van der Waals surface area (Å²) in [5, 5.41) is 3.01. The highest BCUT2D eigenvalue weighted by Crippen LogP contribution is 2.41. The van der Waals surface area contributed by atoms with E-state index in [1.165, 1.54) is 19.2 Å². The fourth-order valence-corrected chi connectivity index (χ4v) is 4.03. The van der Waals surface area contributed by atoms with Crippen molar-refractivity contribution in [3.63, 3.8) is 0 Å². The van der Waals surface area contributed by atoms with Crippen molar-refractivity contribution in [3.05, 3.63) is 53.6 Å². The lowest BCUT2D eigenvalue weighted by Crippen LogP contribution is -2.41. The summed E-state index contributed by atoms with van der Waals surface area (Å²) >= 11 is 0. The highest BCUT2D eigenvalue weighted by molar-refractivity contribution is 7.89. The molecule has 150 valence electrons. The number of fused-ring (bicyclic) bond motifs is 1. The van der Waals surface area contributed by atoms with Crippen molar-refractivity contribution in [2.45, 2.75) is 36.8 Å². The molecule has 1 amide bonds. The van der Waals surface area contributed by atoms with E-state index < -0.39 is 15.6 Å². The van der Waals surface area contributed by atoms with Gasteiger partial charge in [-0.2, -0.15) is 0 Å². The van der Waals surface area contributed by atoms with Gasteiger partial charge in [-0.1, -0.05) is 6.07 Å². The molecular formula is C20H24N2O5S. The average Bonchev–Trinajstić information content (AvgIpc) is 2.67. The van der Waals surface area contributed by atoms with Gasteiger partial charge in [-0.15, -0.1) is 0 Å². The summed E-state index contributed by atoms with van der Waals surface area (Å²) in [6.07, 6.45) is 0.563.